The SMILES string of the molecule is COc1ccc(N)c(N[C@@H]2C[C@H](C)CC(C)(C)C2)c1. The summed E-state index contributed by atoms with van der Waals surface area (Å²) in [4.78, 5) is 0. The van der Waals surface area contributed by atoms with Crippen LogP contribution in [0, 0.1) is 11.3 Å². The normalized spacial score (nSPS) is 25.9. The monoisotopic (exact) mass is 262 g/mol. The van der Waals surface area contributed by atoms with Gasteiger partial charge < -0.3 is 15.8 Å². The summed E-state index contributed by atoms with van der Waals surface area (Å²) in [6, 6.07) is 6.28. The number of methoxy groups -OCH3 is 1. The van der Waals surface area contributed by atoms with Crippen LogP contribution in [-0.2, 0) is 0 Å². The first-order chi connectivity index (χ1) is 8.89. The van der Waals surface area contributed by atoms with Crippen molar-refractivity contribution in [2.45, 2.75) is 46.1 Å². The molecule has 0 bridgehead atoms. The molecule has 1 aromatic carbocycles. The number of nitrogens with two attached hydrogens (primary N) is 1. The zero-order chi connectivity index (χ0) is 14.0. The van der Waals surface area contributed by atoms with Crippen molar-refractivity contribution in [1.82, 2.24) is 0 Å². The number of hydrogen-bond donors (Lipinski definition) is 2. The predicted octanol–water partition coefficient (Wildman–Crippen LogP) is 3.90. The first-order valence-electron chi connectivity index (χ1n) is 7.10. The minimum atomic E-state index is 0.406. The van der Waals surface area contributed by atoms with Crippen molar-refractivity contribution in [1.29, 1.82) is 0 Å². The van der Waals surface area contributed by atoms with E-state index in [9.17, 15) is 0 Å². The van der Waals surface area contributed by atoms with E-state index in [1.165, 1.54) is 19.3 Å². The summed E-state index contributed by atoms with van der Waals surface area (Å²) < 4.78 is 5.27. The molecule has 1 aliphatic carbocycles. The number of nitrogen functional groups attached to an aromatic ring is 1. The fraction of sp³-hybridized carbons (Fsp3) is 0.625. The average Bonchev–Trinajstić information content (AvgIpc) is 2.29. The molecule has 2 atom stereocenters. The summed E-state index contributed by atoms with van der Waals surface area (Å²) in [6.45, 7) is 7.04. The molecular weight excluding hydrogens is 236 g/mol. The van der Waals surface area contributed by atoms with Gasteiger partial charge in [-0.1, -0.05) is 20.8 Å². The van der Waals surface area contributed by atoms with Gasteiger partial charge in [0.15, 0.2) is 0 Å². The summed E-state index contributed by atoms with van der Waals surface area (Å²) in [5.74, 6) is 1.60. The first kappa shape index (κ1) is 14.0. The second-order valence-corrected chi connectivity index (χ2v) is 6.71. The summed E-state index contributed by atoms with van der Waals surface area (Å²) in [7, 11) is 1.68. The lowest BCUT2D eigenvalue weighted by molar-refractivity contribution is 0.178. The quantitative estimate of drug-likeness (QED) is 0.812. The molecule has 3 N–H and O–H groups in total. The van der Waals surface area contributed by atoms with Crippen LogP contribution in [0.25, 0.3) is 0 Å². The van der Waals surface area contributed by atoms with E-state index in [-0.39, 0.29) is 0 Å². The predicted molar refractivity (Wildman–Crippen MR) is 81.6 cm³/mol. The Hall–Kier alpha value is -1.38. The molecule has 0 heterocycles. The van der Waals surface area contributed by atoms with Crippen LogP contribution in [0.3, 0.4) is 0 Å². The Balaban J connectivity index is 2.12. The summed E-state index contributed by atoms with van der Waals surface area (Å²) in [5, 5.41) is 3.60. The van der Waals surface area contributed by atoms with Gasteiger partial charge in [-0.15, -0.1) is 0 Å². The molecular formula is C16H26N2O. The molecule has 1 aliphatic rings. The Morgan fingerprint density at radius 2 is 2.05 bits per heavy atom. The van der Waals surface area contributed by atoms with E-state index in [1.807, 2.05) is 18.2 Å². The van der Waals surface area contributed by atoms with E-state index in [2.05, 4.69) is 26.1 Å². The lowest BCUT2D eigenvalue weighted by atomic mass is 9.70. The van der Waals surface area contributed by atoms with Gasteiger partial charge in [0, 0.05) is 12.1 Å². The van der Waals surface area contributed by atoms with E-state index >= 15 is 0 Å². The molecule has 0 spiro atoms. The highest BCUT2D eigenvalue weighted by atomic mass is 16.5. The third-order valence-corrected chi connectivity index (χ3v) is 4.01. The van der Waals surface area contributed by atoms with Gasteiger partial charge in [0.25, 0.3) is 0 Å². The topological polar surface area (TPSA) is 47.3 Å². The summed E-state index contributed by atoms with van der Waals surface area (Å²) >= 11 is 0. The highest BCUT2D eigenvalue weighted by Crippen LogP contribution is 2.40. The van der Waals surface area contributed by atoms with Gasteiger partial charge in [0.1, 0.15) is 5.75 Å². The second kappa shape index (κ2) is 5.32. The molecule has 3 heteroatoms. The van der Waals surface area contributed by atoms with Crippen molar-refractivity contribution >= 4 is 11.4 Å². The lowest BCUT2D eigenvalue weighted by Gasteiger charge is -2.39. The van der Waals surface area contributed by atoms with Crippen LogP contribution >= 0.6 is 0 Å². The van der Waals surface area contributed by atoms with Gasteiger partial charge >= 0.3 is 0 Å². The van der Waals surface area contributed by atoms with Crippen molar-refractivity contribution in [2.24, 2.45) is 11.3 Å². The standard InChI is InChI=1S/C16H26N2O/c1-11-7-12(10-16(2,3)9-11)18-15-8-13(19-4)5-6-14(15)17/h5-6,8,11-12,18H,7,9-10,17H2,1-4H3/t11-,12+/m0/s1. The molecule has 106 valence electrons. The Bertz CT molecular complexity index is 442. The van der Waals surface area contributed by atoms with Crippen LogP contribution in [0.2, 0.25) is 0 Å². The molecule has 1 aromatic rings. The first-order valence-corrected chi connectivity index (χ1v) is 7.10. The van der Waals surface area contributed by atoms with Crippen LogP contribution in [-0.4, -0.2) is 13.2 Å². The molecule has 3 nitrogen and oxygen atoms in total. The van der Waals surface area contributed by atoms with E-state index in [0.717, 1.165) is 23.0 Å². The third-order valence-electron chi connectivity index (χ3n) is 4.01. The lowest BCUT2D eigenvalue weighted by Crippen LogP contribution is -2.35. The van der Waals surface area contributed by atoms with Crippen molar-refractivity contribution in [3.05, 3.63) is 18.2 Å². The number of anilines is 2. The maximum atomic E-state index is 6.05. The van der Waals surface area contributed by atoms with Crippen molar-refractivity contribution < 1.29 is 4.74 Å². The Labute approximate surface area is 116 Å². The molecule has 19 heavy (non-hydrogen) atoms. The van der Waals surface area contributed by atoms with Crippen LogP contribution in [0.1, 0.15) is 40.0 Å². The molecule has 0 aliphatic heterocycles. The minimum absolute atomic E-state index is 0.406. The molecule has 0 saturated heterocycles. The zero-order valence-electron chi connectivity index (χ0n) is 12.5. The fourth-order valence-electron chi connectivity index (χ4n) is 3.46. The molecule has 0 amide bonds. The Kier molecular flexibility index (Phi) is 3.93. The van der Waals surface area contributed by atoms with Gasteiger partial charge in [-0.05, 0) is 42.7 Å². The van der Waals surface area contributed by atoms with Crippen LogP contribution < -0.4 is 15.8 Å². The number of ether oxygens (including phenoxy) is 1. The highest BCUT2D eigenvalue weighted by molar-refractivity contribution is 5.68. The number of hydrogen-bond acceptors (Lipinski definition) is 3. The van der Waals surface area contributed by atoms with E-state index in [4.69, 9.17) is 10.5 Å². The summed E-state index contributed by atoms with van der Waals surface area (Å²) in [6.07, 6.45) is 3.70. The minimum Gasteiger partial charge on any atom is -0.497 e. The average molecular weight is 262 g/mol. The van der Waals surface area contributed by atoms with Crippen LogP contribution in [0.5, 0.6) is 5.75 Å². The molecule has 0 aromatic heterocycles. The maximum Gasteiger partial charge on any atom is 0.121 e. The Morgan fingerprint density at radius 3 is 2.68 bits per heavy atom. The van der Waals surface area contributed by atoms with E-state index < -0.39 is 0 Å². The second-order valence-electron chi connectivity index (χ2n) is 6.71. The number of nitrogens with one attached hydrogen (secondary N) is 1. The largest absolute Gasteiger partial charge is 0.497 e. The summed E-state index contributed by atoms with van der Waals surface area (Å²) in [5.41, 5.74) is 8.23. The third kappa shape index (κ3) is 3.55. The molecule has 1 fully saturated rings. The molecule has 1 saturated carbocycles. The zero-order valence-corrected chi connectivity index (χ0v) is 12.5. The smallest absolute Gasteiger partial charge is 0.121 e. The van der Waals surface area contributed by atoms with Gasteiger partial charge in [0.2, 0.25) is 0 Å². The van der Waals surface area contributed by atoms with Crippen molar-refractivity contribution in [2.75, 3.05) is 18.2 Å². The molecule has 0 unspecified atom stereocenters. The maximum absolute atomic E-state index is 6.05. The van der Waals surface area contributed by atoms with Gasteiger partial charge in [-0.25, -0.2) is 0 Å². The van der Waals surface area contributed by atoms with Gasteiger partial charge in [0.05, 0.1) is 18.5 Å². The number of benzene rings is 1. The number of rotatable bonds is 3. The molecule has 0 radical (unpaired) electrons. The molecule has 2 rings (SSSR count). The van der Waals surface area contributed by atoms with Crippen molar-refractivity contribution in [3.8, 4) is 5.75 Å². The van der Waals surface area contributed by atoms with Crippen molar-refractivity contribution in [3.63, 3.8) is 0 Å². The Morgan fingerprint density at radius 1 is 1.32 bits per heavy atom. The van der Waals surface area contributed by atoms with E-state index in [1.54, 1.807) is 7.11 Å². The van der Waals surface area contributed by atoms with E-state index in [0.29, 0.717) is 11.5 Å². The fourth-order valence-corrected chi connectivity index (χ4v) is 3.46. The highest BCUT2D eigenvalue weighted by Gasteiger charge is 2.32. The van der Waals surface area contributed by atoms with Crippen LogP contribution in [0.15, 0.2) is 18.2 Å². The van der Waals surface area contributed by atoms with Gasteiger partial charge in [-0.2, -0.15) is 0 Å². The van der Waals surface area contributed by atoms with Crippen LogP contribution in [0.4, 0.5) is 11.4 Å². The van der Waals surface area contributed by atoms with Gasteiger partial charge in [-0.3, -0.25) is 0 Å².